The Kier molecular flexibility index (Phi) is 7.70. The van der Waals surface area contributed by atoms with Gasteiger partial charge in [0.15, 0.2) is 11.6 Å². The van der Waals surface area contributed by atoms with E-state index >= 15 is 4.39 Å². The molecule has 10 nitrogen and oxygen atoms in total. The topological polar surface area (TPSA) is 125 Å². The summed E-state index contributed by atoms with van der Waals surface area (Å²) in [6.45, 7) is 11.1. The van der Waals surface area contributed by atoms with Gasteiger partial charge in [-0.05, 0) is 37.4 Å². The molecule has 0 saturated heterocycles. The number of benzene rings is 1. The van der Waals surface area contributed by atoms with Gasteiger partial charge in [-0.2, -0.15) is 0 Å². The number of aliphatic imine (C=N–C) groups is 1. The molecule has 3 heterocycles. The largest absolute Gasteiger partial charge is 0.416 e. The van der Waals surface area contributed by atoms with Crippen LogP contribution in [0.5, 0.6) is 0 Å². The van der Waals surface area contributed by atoms with Crippen LogP contribution in [0.1, 0.15) is 61.1 Å². The number of hydrogen-bond donors (Lipinski definition) is 2. The third-order valence-electron chi connectivity index (χ3n) is 5.96. The number of aromatic nitrogens is 5. The standard InChI is InChI=1S/C28H31FN8O2/c1-8-19(22-24(30-5)34-23(33-22)21-12-11-18(15-31-21)37(6)7)16-9-10-17(20(29)13-16)14-32-25(38)26-35-36-27(39-26)28(2,3)4/h8-13,15H,5,14H2,1-4,6-7H3,(H,32,38)(H,33,34)/b19-8-. The van der Waals surface area contributed by atoms with Crippen LogP contribution in [0.4, 0.5) is 15.9 Å². The summed E-state index contributed by atoms with van der Waals surface area (Å²) in [5.74, 6) is 0.0811. The molecule has 4 rings (SSSR count). The van der Waals surface area contributed by atoms with E-state index in [1.165, 1.54) is 6.07 Å². The molecule has 0 aliphatic rings. The van der Waals surface area contributed by atoms with Gasteiger partial charge in [-0.1, -0.05) is 39.0 Å². The summed E-state index contributed by atoms with van der Waals surface area (Å²) in [6, 6.07) is 8.57. The fraction of sp³-hybridized carbons (Fsp3) is 0.286. The van der Waals surface area contributed by atoms with Crippen molar-refractivity contribution in [1.82, 2.24) is 30.5 Å². The molecule has 11 heteroatoms. The van der Waals surface area contributed by atoms with Crippen LogP contribution < -0.4 is 10.2 Å². The lowest BCUT2D eigenvalue weighted by molar-refractivity contribution is 0.0912. The maximum absolute atomic E-state index is 15.1. The van der Waals surface area contributed by atoms with Crippen molar-refractivity contribution < 1.29 is 13.6 Å². The number of pyridine rings is 1. The number of carbonyl (C=O) groups is 1. The molecule has 0 saturated carbocycles. The Labute approximate surface area is 226 Å². The predicted molar refractivity (Wildman–Crippen MR) is 149 cm³/mol. The molecule has 0 fully saturated rings. The molecule has 1 amide bonds. The highest BCUT2D eigenvalue weighted by Gasteiger charge is 2.24. The van der Waals surface area contributed by atoms with Gasteiger partial charge >= 0.3 is 11.8 Å². The number of nitrogens with one attached hydrogen (secondary N) is 2. The number of allylic oxidation sites excluding steroid dienone is 1. The average Bonchev–Trinajstić information content (AvgIpc) is 3.57. The third kappa shape index (κ3) is 5.92. The summed E-state index contributed by atoms with van der Waals surface area (Å²) in [4.78, 5) is 30.8. The zero-order valence-corrected chi connectivity index (χ0v) is 22.8. The van der Waals surface area contributed by atoms with Gasteiger partial charge in [0.1, 0.15) is 17.2 Å². The van der Waals surface area contributed by atoms with Crippen LogP contribution in [0.25, 0.3) is 17.1 Å². The fourth-order valence-corrected chi connectivity index (χ4v) is 3.75. The Morgan fingerprint density at radius 3 is 2.56 bits per heavy atom. The van der Waals surface area contributed by atoms with Crippen LogP contribution in [0.15, 0.2) is 52.0 Å². The maximum atomic E-state index is 15.1. The molecule has 0 aliphatic heterocycles. The molecule has 0 atom stereocenters. The van der Waals surface area contributed by atoms with Crippen molar-refractivity contribution >= 4 is 29.7 Å². The molecule has 39 heavy (non-hydrogen) atoms. The molecular weight excluding hydrogens is 499 g/mol. The first kappa shape index (κ1) is 27.4. The highest BCUT2D eigenvalue weighted by atomic mass is 19.1. The van der Waals surface area contributed by atoms with Gasteiger partial charge in [0.25, 0.3) is 0 Å². The van der Waals surface area contributed by atoms with Gasteiger partial charge < -0.3 is 19.6 Å². The van der Waals surface area contributed by atoms with E-state index in [0.29, 0.717) is 45.6 Å². The van der Waals surface area contributed by atoms with Crippen molar-refractivity contribution in [2.45, 2.75) is 39.7 Å². The zero-order chi connectivity index (χ0) is 28.3. The number of carbonyl (C=O) groups excluding carboxylic acids is 1. The van der Waals surface area contributed by atoms with E-state index in [1.807, 2.05) is 64.9 Å². The fourth-order valence-electron chi connectivity index (χ4n) is 3.75. The number of amides is 1. The molecule has 0 spiro atoms. The van der Waals surface area contributed by atoms with Crippen LogP contribution in [0.3, 0.4) is 0 Å². The first-order chi connectivity index (χ1) is 18.5. The van der Waals surface area contributed by atoms with E-state index in [9.17, 15) is 4.79 Å². The number of hydrogen-bond acceptors (Lipinski definition) is 8. The summed E-state index contributed by atoms with van der Waals surface area (Å²) in [5, 5.41) is 10.3. The van der Waals surface area contributed by atoms with Gasteiger partial charge in [0.2, 0.25) is 5.89 Å². The Morgan fingerprint density at radius 1 is 1.23 bits per heavy atom. The summed E-state index contributed by atoms with van der Waals surface area (Å²) in [5.41, 5.74) is 3.29. The monoisotopic (exact) mass is 530 g/mol. The van der Waals surface area contributed by atoms with Crippen molar-refractivity contribution in [3.63, 3.8) is 0 Å². The Hall–Kier alpha value is -4.67. The zero-order valence-electron chi connectivity index (χ0n) is 22.8. The molecule has 2 N–H and O–H groups in total. The van der Waals surface area contributed by atoms with E-state index in [-0.39, 0.29) is 17.9 Å². The Morgan fingerprint density at radius 2 is 2.00 bits per heavy atom. The molecule has 0 radical (unpaired) electrons. The Balaban J connectivity index is 1.53. The summed E-state index contributed by atoms with van der Waals surface area (Å²) >= 11 is 0. The Bertz CT molecular complexity index is 1530. The highest BCUT2D eigenvalue weighted by Crippen LogP contribution is 2.32. The first-order valence-electron chi connectivity index (χ1n) is 12.3. The number of rotatable bonds is 8. The number of nitrogens with zero attached hydrogens (tertiary/aromatic N) is 6. The minimum atomic E-state index is -0.575. The van der Waals surface area contributed by atoms with Gasteiger partial charge in [-0.3, -0.25) is 9.78 Å². The SMILES string of the molecule is C=Nc1[nH]c(-c2ccc(N(C)C)cn2)nc1/C(=C\C)c1ccc(CNC(=O)c2nnc(C(C)(C)C)o2)c(F)c1. The summed E-state index contributed by atoms with van der Waals surface area (Å²) < 4.78 is 20.6. The van der Waals surface area contributed by atoms with Crippen molar-refractivity contribution in [3.8, 4) is 11.5 Å². The molecule has 0 unspecified atom stereocenters. The van der Waals surface area contributed by atoms with E-state index in [2.05, 4.69) is 37.2 Å². The predicted octanol–water partition coefficient (Wildman–Crippen LogP) is 5.07. The van der Waals surface area contributed by atoms with Gasteiger partial charge in [0, 0.05) is 37.2 Å². The second-order valence-corrected chi connectivity index (χ2v) is 10.1. The number of H-pyrrole nitrogens is 1. The molecule has 3 aromatic heterocycles. The summed E-state index contributed by atoms with van der Waals surface area (Å²) in [6.07, 6.45) is 3.58. The number of imidazole rings is 1. The van der Waals surface area contributed by atoms with E-state index in [1.54, 1.807) is 18.3 Å². The van der Waals surface area contributed by atoms with E-state index < -0.39 is 11.7 Å². The smallest absolute Gasteiger partial charge is 0.309 e. The average molecular weight is 531 g/mol. The lowest BCUT2D eigenvalue weighted by Gasteiger charge is -2.11. The molecule has 0 bridgehead atoms. The number of halogens is 1. The molecule has 0 aliphatic carbocycles. The highest BCUT2D eigenvalue weighted by molar-refractivity contribution is 5.89. The third-order valence-corrected chi connectivity index (χ3v) is 5.96. The van der Waals surface area contributed by atoms with Crippen LogP contribution in [0, 0.1) is 5.82 Å². The molecule has 1 aromatic carbocycles. The van der Waals surface area contributed by atoms with Crippen LogP contribution in [0.2, 0.25) is 0 Å². The minimum Gasteiger partial charge on any atom is -0.416 e. The molecule has 4 aromatic rings. The molecular formula is C28H31FN8O2. The quantitative estimate of drug-likeness (QED) is 0.305. The van der Waals surface area contributed by atoms with E-state index in [4.69, 9.17) is 9.40 Å². The number of anilines is 1. The van der Waals surface area contributed by atoms with Gasteiger partial charge in [-0.25, -0.2) is 14.4 Å². The van der Waals surface area contributed by atoms with Crippen LogP contribution in [-0.4, -0.2) is 51.9 Å². The van der Waals surface area contributed by atoms with Crippen LogP contribution in [-0.2, 0) is 12.0 Å². The lowest BCUT2D eigenvalue weighted by Crippen LogP contribution is -2.23. The first-order valence-corrected chi connectivity index (χ1v) is 12.3. The van der Waals surface area contributed by atoms with E-state index in [0.717, 1.165) is 5.69 Å². The second kappa shape index (κ2) is 11.0. The summed E-state index contributed by atoms with van der Waals surface area (Å²) in [7, 11) is 3.88. The maximum Gasteiger partial charge on any atom is 0.309 e. The van der Waals surface area contributed by atoms with Gasteiger partial charge in [0.05, 0.1) is 11.9 Å². The minimum absolute atomic E-state index is 0.0516. The number of aromatic amines is 1. The van der Waals surface area contributed by atoms with Crippen LogP contribution >= 0.6 is 0 Å². The second-order valence-electron chi connectivity index (χ2n) is 10.1. The molecule has 202 valence electrons. The lowest BCUT2D eigenvalue weighted by atomic mass is 9.97. The van der Waals surface area contributed by atoms with Crippen molar-refractivity contribution in [2.24, 2.45) is 4.99 Å². The normalized spacial score (nSPS) is 11.9. The van der Waals surface area contributed by atoms with Crippen molar-refractivity contribution in [3.05, 3.63) is 77.0 Å². The van der Waals surface area contributed by atoms with Crippen molar-refractivity contribution in [1.29, 1.82) is 0 Å². The van der Waals surface area contributed by atoms with Crippen molar-refractivity contribution in [2.75, 3.05) is 19.0 Å². The van der Waals surface area contributed by atoms with Gasteiger partial charge in [-0.15, -0.1) is 10.2 Å².